The van der Waals surface area contributed by atoms with Crippen molar-refractivity contribution in [3.8, 4) is 0 Å². The molecule has 1 aliphatic rings. The largest absolute Gasteiger partial charge is 0.365 e. The van der Waals surface area contributed by atoms with Crippen LogP contribution in [0, 0.1) is 11.8 Å². The average molecular weight is 226 g/mol. The summed E-state index contributed by atoms with van der Waals surface area (Å²) < 4.78 is 0. The lowest BCUT2D eigenvalue weighted by Gasteiger charge is -2.22. The molecule has 0 bridgehead atoms. The molecule has 15 heavy (non-hydrogen) atoms. The minimum absolute atomic E-state index is 0.443. The van der Waals surface area contributed by atoms with Crippen molar-refractivity contribution < 1.29 is 0 Å². The second-order valence-corrected chi connectivity index (χ2v) is 4.87. The fourth-order valence-electron chi connectivity index (χ4n) is 1.87. The monoisotopic (exact) mass is 225 g/mol. The SMILES string of the molecule is CC(C)C(Nc1cncc(Cl)n1)C1CC1. The zero-order valence-corrected chi connectivity index (χ0v) is 9.83. The molecule has 1 aliphatic carbocycles. The Balaban J connectivity index is 2.05. The molecule has 1 unspecified atom stereocenters. The molecule has 1 N–H and O–H groups in total. The molecule has 1 saturated carbocycles. The molecule has 3 nitrogen and oxygen atoms in total. The van der Waals surface area contributed by atoms with E-state index in [1.54, 1.807) is 12.4 Å². The maximum Gasteiger partial charge on any atom is 0.149 e. The van der Waals surface area contributed by atoms with Crippen molar-refractivity contribution in [2.75, 3.05) is 5.32 Å². The van der Waals surface area contributed by atoms with Crippen LogP contribution in [0.25, 0.3) is 0 Å². The van der Waals surface area contributed by atoms with Crippen molar-refractivity contribution in [1.29, 1.82) is 0 Å². The van der Waals surface area contributed by atoms with Crippen LogP contribution in [0.3, 0.4) is 0 Å². The van der Waals surface area contributed by atoms with E-state index in [4.69, 9.17) is 11.6 Å². The normalized spacial score (nSPS) is 17.9. The van der Waals surface area contributed by atoms with E-state index in [-0.39, 0.29) is 0 Å². The highest BCUT2D eigenvalue weighted by Crippen LogP contribution is 2.37. The Morgan fingerprint density at radius 3 is 2.67 bits per heavy atom. The van der Waals surface area contributed by atoms with E-state index in [9.17, 15) is 0 Å². The Kier molecular flexibility index (Phi) is 3.10. The Morgan fingerprint density at radius 2 is 2.13 bits per heavy atom. The van der Waals surface area contributed by atoms with E-state index in [1.807, 2.05) is 0 Å². The summed E-state index contributed by atoms with van der Waals surface area (Å²) in [6.45, 7) is 4.46. The van der Waals surface area contributed by atoms with Crippen molar-refractivity contribution in [2.45, 2.75) is 32.7 Å². The molecule has 0 saturated heterocycles. The van der Waals surface area contributed by atoms with E-state index >= 15 is 0 Å². The topological polar surface area (TPSA) is 37.8 Å². The zero-order chi connectivity index (χ0) is 10.8. The predicted octanol–water partition coefficient (Wildman–Crippen LogP) is 2.98. The van der Waals surface area contributed by atoms with Crippen LogP contribution in [0.5, 0.6) is 0 Å². The van der Waals surface area contributed by atoms with Gasteiger partial charge in [-0.1, -0.05) is 25.4 Å². The van der Waals surface area contributed by atoms with Gasteiger partial charge >= 0.3 is 0 Å². The fraction of sp³-hybridized carbons (Fsp3) is 0.636. The van der Waals surface area contributed by atoms with Crippen LogP contribution in [-0.2, 0) is 0 Å². The van der Waals surface area contributed by atoms with Gasteiger partial charge in [0.1, 0.15) is 11.0 Å². The molecule has 1 aromatic rings. The number of nitrogens with one attached hydrogen (secondary N) is 1. The molecule has 1 fully saturated rings. The fourth-order valence-corrected chi connectivity index (χ4v) is 2.01. The van der Waals surface area contributed by atoms with E-state index in [2.05, 4.69) is 29.1 Å². The highest BCUT2D eigenvalue weighted by molar-refractivity contribution is 6.29. The first-order valence-corrected chi connectivity index (χ1v) is 5.78. The minimum Gasteiger partial charge on any atom is -0.365 e. The van der Waals surface area contributed by atoms with Gasteiger partial charge in [-0.15, -0.1) is 0 Å². The number of hydrogen-bond acceptors (Lipinski definition) is 3. The van der Waals surface area contributed by atoms with Crippen molar-refractivity contribution in [1.82, 2.24) is 9.97 Å². The van der Waals surface area contributed by atoms with Gasteiger partial charge in [0.05, 0.1) is 12.4 Å². The van der Waals surface area contributed by atoms with Crippen LogP contribution in [0.1, 0.15) is 26.7 Å². The summed E-state index contributed by atoms with van der Waals surface area (Å²) in [5, 5.41) is 3.87. The molecule has 82 valence electrons. The Labute approximate surface area is 95.3 Å². The molecular formula is C11H16ClN3. The summed E-state index contributed by atoms with van der Waals surface area (Å²) in [7, 11) is 0. The van der Waals surface area contributed by atoms with Gasteiger partial charge in [-0.05, 0) is 24.7 Å². The maximum absolute atomic E-state index is 5.79. The van der Waals surface area contributed by atoms with Crippen LogP contribution in [-0.4, -0.2) is 16.0 Å². The van der Waals surface area contributed by atoms with Crippen LogP contribution in [0.2, 0.25) is 5.15 Å². The molecule has 0 radical (unpaired) electrons. The molecular weight excluding hydrogens is 210 g/mol. The first kappa shape index (κ1) is 10.7. The summed E-state index contributed by atoms with van der Waals surface area (Å²) >= 11 is 5.79. The maximum atomic E-state index is 5.79. The number of rotatable bonds is 4. The summed E-state index contributed by atoms with van der Waals surface area (Å²) in [5.74, 6) is 2.19. The van der Waals surface area contributed by atoms with Crippen molar-refractivity contribution in [3.63, 3.8) is 0 Å². The zero-order valence-electron chi connectivity index (χ0n) is 9.07. The molecule has 2 rings (SSSR count). The van der Waals surface area contributed by atoms with Gasteiger partial charge in [0, 0.05) is 6.04 Å². The van der Waals surface area contributed by atoms with Gasteiger partial charge in [0.25, 0.3) is 0 Å². The molecule has 4 heteroatoms. The van der Waals surface area contributed by atoms with E-state index in [0.717, 1.165) is 11.7 Å². The van der Waals surface area contributed by atoms with Crippen LogP contribution in [0.15, 0.2) is 12.4 Å². The Hall–Kier alpha value is -0.830. The van der Waals surface area contributed by atoms with E-state index < -0.39 is 0 Å². The average Bonchev–Trinajstić information content (AvgIpc) is 2.97. The molecule has 1 atom stereocenters. The highest BCUT2D eigenvalue weighted by atomic mass is 35.5. The lowest BCUT2D eigenvalue weighted by molar-refractivity contribution is 0.475. The van der Waals surface area contributed by atoms with Gasteiger partial charge in [0.15, 0.2) is 0 Å². The molecule has 0 amide bonds. The first-order valence-electron chi connectivity index (χ1n) is 5.41. The third kappa shape index (κ3) is 2.81. The van der Waals surface area contributed by atoms with Gasteiger partial charge < -0.3 is 5.32 Å². The first-order chi connectivity index (χ1) is 7.16. The molecule has 0 aliphatic heterocycles. The Bertz CT molecular complexity index is 334. The number of nitrogens with zero attached hydrogens (tertiary/aromatic N) is 2. The smallest absolute Gasteiger partial charge is 0.149 e. The summed E-state index contributed by atoms with van der Waals surface area (Å²) in [6.07, 6.45) is 5.92. The molecule has 1 aromatic heterocycles. The van der Waals surface area contributed by atoms with Gasteiger partial charge in [-0.3, -0.25) is 4.98 Å². The highest BCUT2D eigenvalue weighted by Gasteiger charge is 2.33. The van der Waals surface area contributed by atoms with Crippen LogP contribution in [0.4, 0.5) is 5.82 Å². The van der Waals surface area contributed by atoms with Crippen LogP contribution >= 0.6 is 11.6 Å². The van der Waals surface area contributed by atoms with Crippen molar-refractivity contribution in [3.05, 3.63) is 17.5 Å². The lowest BCUT2D eigenvalue weighted by Crippen LogP contribution is -2.28. The third-order valence-corrected chi connectivity index (χ3v) is 2.95. The predicted molar refractivity (Wildman–Crippen MR) is 62.0 cm³/mol. The number of halogens is 1. The number of aromatic nitrogens is 2. The van der Waals surface area contributed by atoms with E-state index in [0.29, 0.717) is 17.1 Å². The minimum atomic E-state index is 0.443. The van der Waals surface area contributed by atoms with Crippen molar-refractivity contribution >= 4 is 17.4 Å². The van der Waals surface area contributed by atoms with Crippen LogP contribution < -0.4 is 5.32 Å². The standard InChI is InChI=1S/C11H16ClN3/c1-7(2)11(8-3-4-8)15-10-6-13-5-9(12)14-10/h5-8,11H,3-4H2,1-2H3,(H,14,15). The second-order valence-electron chi connectivity index (χ2n) is 4.48. The Morgan fingerprint density at radius 1 is 1.40 bits per heavy atom. The van der Waals surface area contributed by atoms with Gasteiger partial charge in [0.2, 0.25) is 0 Å². The van der Waals surface area contributed by atoms with Gasteiger partial charge in [-0.25, -0.2) is 4.98 Å². The molecule has 0 aromatic carbocycles. The second kappa shape index (κ2) is 4.35. The molecule has 0 spiro atoms. The summed E-state index contributed by atoms with van der Waals surface area (Å²) in [4.78, 5) is 8.22. The third-order valence-electron chi connectivity index (χ3n) is 2.77. The number of anilines is 1. The van der Waals surface area contributed by atoms with Gasteiger partial charge in [-0.2, -0.15) is 0 Å². The lowest BCUT2D eigenvalue weighted by atomic mass is 10.00. The summed E-state index contributed by atoms with van der Waals surface area (Å²) in [6, 6.07) is 0.498. The summed E-state index contributed by atoms with van der Waals surface area (Å²) in [5.41, 5.74) is 0. The quantitative estimate of drug-likeness (QED) is 0.856. The molecule has 1 heterocycles. The van der Waals surface area contributed by atoms with Crippen molar-refractivity contribution in [2.24, 2.45) is 11.8 Å². The van der Waals surface area contributed by atoms with E-state index in [1.165, 1.54) is 12.8 Å². The number of hydrogen-bond donors (Lipinski definition) is 1.